The van der Waals surface area contributed by atoms with Crippen LogP contribution in [0.2, 0.25) is 0 Å². The predicted molar refractivity (Wildman–Crippen MR) is 107 cm³/mol. The molecule has 166 valence electrons. The molecule has 0 fully saturated rings. The highest BCUT2D eigenvalue weighted by Crippen LogP contribution is 2.34. The Bertz CT molecular complexity index is 1240. The highest BCUT2D eigenvalue weighted by molar-refractivity contribution is 5.98. The summed E-state index contributed by atoms with van der Waals surface area (Å²) >= 11 is 0. The number of nitrogens with one attached hydrogen (secondary N) is 1. The zero-order chi connectivity index (χ0) is 23.7. The number of anilines is 1. The summed E-state index contributed by atoms with van der Waals surface area (Å²) in [5, 5.41) is 11.8. The van der Waals surface area contributed by atoms with Crippen molar-refractivity contribution in [3.63, 3.8) is 0 Å². The lowest BCUT2D eigenvalue weighted by Gasteiger charge is -2.29. The maximum Gasteiger partial charge on any atom is 0.417 e. The number of amides is 1. The van der Waals surface area contributed by atoms with Crippen LogP contribution in [0.1, 0.15) is 25.0 Å². The van der Waals surface area contributed by atoms with Gasteiger partial charge in [-0.15, -0.1) is 0 Å². The Morgan fingerprint density at radius 2 is 1.88 bits per heavy atom. The quantitative estimate of drug-likeness (QED) is 0.457. The van der Waals surface area contributed by atoms with Gasteiger partial charge in [-0.3, -0.25) is 9.59 Å². The minimum absolute atomic E-state index is 0.185. The lowest BCUT2D eigenvalue weighted by Crippen LogP contribution is -2.47. The highest BCUT2D eigenvalue weighted by Gasteiger charge is 2.39. The number of hydrogen-bond acceptors (Lipinski definition) is 4. The lowest BCUT2D eigenvalue weighted by molar-refractivity contribution is -0.163. The summed E-state index contributed by atoms with van der Waals surface area (Å²) in [5.74, 6) is -2.10. The number of halogens is 4. The molecule has 0 aliphatic rings. The molecule has 1 amide bonds. The van der Waals surface area contributed by atoms with E-state index in [1.165, 1.54) is 31.2 Å². The molecular weight excluding hydrogens is 430 g/mol. The van der Waals surface area contributed by atoms with E-state index in [1.807, 2.05) is 0 Å². The van der Waals surface area contributed by atoms with Crippen molar-refractivity contribution in [3.8, 4) is 6.07 Å². The first-order chi connectivity index (χ1) is 14.9. The third-order valence-corrected chi connectivity index (χ3v) is 4.76. The van der Waals surface area contributed by atoms with Gasteiger partial charge in [-0.25, -0.2) is 4.39 Å². The van der Waals surface area contributed by atoms with Crippen molar-refractivity contribution < 1.29 is 31.9 Å². The number of rotatable bonds is 5. The molecule has 0 aliphatic heterocycles. The lowest BCUT2D eigenvalue weighted by atomic mass is 10.0. The van der Waals surface area contributed by atoms with Crippen molar-refractivity contribution in [1.29, 1.82) is 5.26 Å². The van der Waals surface area contributed by atoms with E-state index in [9.17, 15) is 27.2 Å². The van der Waals surface area contributed by atoms with Crippen LogP contribution in [0, 0.1) is 17.1 Å². The van der Waals surface area contributed by atoms with Crippen LogP contribution in [0.15, 0.2) is 48.7 Å². The molecule has 3 rings (SSSR count). The number of alkyl halides is 3. The van der Waals surface area contributed by atoms with Crippen LogP contribution in [0.5, 0.6) is 0 Å². The Kier molecular flexibility index (Phi) is 5.94. The smallest absolute Gasteiger partial charge is 0.417 e. The fourth-order valence-corrected chi connectivity index (χ4v) is 3.32. The first kappa shape index (κ1) is 22.8. The standard InChI is InChI=1S/C22H17F4N3O3/c1-13(30)32-21(2,12-29-8-7-14-9-16(23)4-6-19(14)29)20(31)28-17-5-3-15(11-27)18(10-17)22(24,25)26/h3-10H,12H2,1-2H3,(H,28,31)/t21-/m0/s1. The summed E-state index contributed by atoms with van der Waals surface area (Å²) in [6, 6.07) is 9.82. The van der Waals surface area contributed by atoms with Crippen molar-refractivity contribution in [3.05, 3.63) is 65.6 Å². The van der Waals surface area contributed by atoms with E-state index in [-0.39, 0.29) is 12.2 Å². The summed E-state index contributed by atoms with van der Waals surface area (Å²) in [4.78, 5) is 24.7. The van der Waals surface area contributed by atoms with Crippen LogP contribution in [-0.2, 0) is 27.0 Å². The SMILES string of the molecule is CC(=O)O[C@@](C)(Cn1ccc2cc(F)ccc21)C(=O)Nc1ccc(C#N)c(C(F)(F)F)c1. The number of ether oxygens (including phenoxy) is 1. The van der Waals surface area contributed by atoms with Crippen LogP contribution < -0.4 is 5.32 Å². The fraction of sp³-hybridized carbons (Fsp3) is 0.227. The van der Waals surface area contributed by atoms with Gasteiger partial charge in [0.05, 0.1) is 23.7 Å². The van der Waals surface area contributed by atoms with Gasteiger partial charge in [0.25, 0.3) is 5.91 Å². The fourth-order valence-electron chi connectivity index (χ4n) is 3.32. The Morgan fingerprint density at radius 1 is 1.16 bits per heavy atom. The van der Waals surface area contributed by atoms with Gasteiger partial charge >= 0.3 is 12.1 Å². The van der Waals surface area contributed by atoms with Crippen LogP contribution in [0.3, 0.4) is 0 Å². The van der Waals surface area contributed by atoms with E-state index in [4.69, 9.17) is 10.00 Å². The molecule has 1 N–H and O–H groups in total. The maximum absolute atomic E-state index is 13.5. The third kappa shape index (κ3) is 4.72. The zero-order valence-corrected chi connectivity index (χ0v) is 17.0. The molecule has 32 heavy (non-hydrogen) atoms. The van der Waals surface area contributed by atoms with E-state index >= 15 is 0 Å². The minimum atomic E-state index is -4.80. The largest absolute Gasteiger partial charge is 0.447 e. The van der Waals surface area contributed by atoms with Gasteiger partial charge in [0, 0.05) is 29.7 Å². The van der Waals surface area contributed by atoms with Gasteiger partial charge in [-0.2, -0.15) is 18.4 Å². The van der Waals surface area contributed by atoms with Gasteiger partial charge in [0.15, 0.2) is 0 Å². The first-order valence-corrected chi connectivity index (χ1v) is 9.30. The van der Waals surface area contributed by atoms with E-state index < -0.39 is 40.6 Å². The summed E-state index contributed by atoms with van der Waals surface area (Å²) in [5.41, 5.74) is -3.26. The van der Waals surface area contributed by atoms with Crippen LogP contribution in [-0.4, -0.2) is 22.0 Å². The molecule has 0 aliphatic carbocycles. The Balaban J connectivity index is 1.94. The molecule has 10 heteroatoms. The number of benzene rings is 2. The second-order valence-corrected chi connectivity index (χ2v) is 7.30. The summed E-state index contributed by atoms with van der Waals surface area (Å²) in [7, 11) is 0. The Labute approximate surface area is 180 Å². The van der Waals surface area contributed by atoms with Gasteiger partial charge in [0.1, 0.15) is 5.82 Å². The minimum Gasteiger partial charge on any atom is -0.447 e. The number of hydrogen-bond donors (Lipinski definition) is 1. The van der Waals surface area contributed by atoms with Gasteiger partial charge in [-0.05, 0) is 49.4 Å². The number of aromatic nitrogens is 1. The molecule has 0 spiro atoms. The molecular formula is C22H17F4N3O3. The first-order valence-electron chi connectivity index (χ1n) is 9.30. The second-order valence-electron chi connectivity index (χ2n) is 7.30. The molecule has 1 atom stereocenters. The molecule has 3 aromatic rings. The van der Waals surface area contributed by atoms with Crippen LogP contribution in [0.25, 0.3) is 10.9 Å². The van der Waals surface area contributed by atoms with Crippen molar-refractivity contribution >= 4 is 28.5 Å². The van der Waals surface area contributed by atoms with Gasteiger partial charge in [-0.1, -0.05) is 0 Å². The average Bonchev–Trinajstić information content (AvgIpc) is 3.08. The second kappa shape index (κ2) is 8.34. The summed E-state index contributed by atoms with van der Waals surface area (Å²) < 4.78 is 59.9. The van der Waals surface area contributed by atoms with E-state index in [0.717, 1.165) is 19.1 Å². The topological polar surface area (TPSA) is 84.1 Å². The Morgan fingerprint density at radius 3 is 2.50 bits per heavy atom. The van der Waals surface area contributed by atoms with E-state index in [1.54, 1.807) is 16.8 Å². The summed E-state index contributed by atoms with van der Waals surface area (Å²) in [6.45, 7) is 2.22. The molecule has 6 nitrogen and oxygen atoms in total. The molecule has 1 aromatic heterocycles. The predicted octanol–water partition coefficient (Wildman–Crippen LogP) is 4.63. The van der Waals surface area contributed by atoms with Crippen molar-refractivity contribution in [1.82, 2.24) is 4.57 Å². The molecule has 2 aromatic carbocycles. The van der Waals surface area contributed by atoms with Crippen molar-refractivity contribution in [2.45, 2.75) is 32.2 Å². The van der Waals surface area contributed by atoms with Gasteiger partial charge < -0.3 is 14.6 Å². The summed E-state index contributed by atoms with van der Waals surface area (Å²) in [6.07, 6.45) is -3.23. The molecule has 0 saturated carbocycles. The number of carbonyl (C=O) groups excluding carboxylic acids is 2. The van der Waals surface area contributed by atoms with Crippen molar-refractivity contribution in [2.75, 3.05) is 5.32 Å². The molecule has 0 saturated heterocycles. The third-order valence-electron chi connectivity index (χ3n) is 4.76. The number of fused-ring (bicyclic) bond motifs is 1. The number of nitriles is 1. The molecule has 0 radical (unpaired) electrons. The van der Waals surface area contributed by atoms with Crippen LogP contribution in [0.4, 0.5) is 23.2 Å². The maximum atomic E-state index is 13.5. The monoisotopic (exact) mass is 447 g/mol. The number of nitrogens with zero attached hydrogens (tertiary/aromatic N) is 2. The average molecular weight is 447 g/mol. The normalized spacial score (nSPS) is 13.3. The van der Waals surface area contributed by atoms with Crippen LogP contribution >= 0.6 is 0 Å². The molecule has 0 bridgehead atoms. The molecule has 0 unspecified atom stereocenters. The number of esters is 1. The molecule has 1 heterocycles. The highest BCUT2D eigenvalue weighted by atomic mass is 19.4. The van der Waals surface area contributed by atoms with E-state index in [2.05, 4.69) is 5.32 Å². The van der Waals surface area contributed by atoms with E-state index in [0.29, 0.717) is 17.0 Å². The van der Waals surface area contributed by atoms with Crippen molar-refractivity contribution in [2.24, 2.45) is 0 Å². The number of carbonyl (C=O) groups is 2. The zero-order valence-electron chi connectivity index (χ0n) is 17.0. The Hall–Kier alpha value is -3.87. The van der Waals surface area contributed by atoms with Gasteiger partial charge in [0.2, 0.25) is 5.60 Å².